The summed E-state index contributed by atoms with van der Waals surface area (Å²) in [4.78, 5) is 33.5. The summed E-state index contributed by atoms with van der Waals surface area (Å²) in [6.07, 6.45) is 8.05. The Hall–Kier alpha value is -3.82. The Morgan fingerprint density at radius 1 is 1.13 bits per heavy atom. The van der Waals surface area contributed by atoms with Crippen LogP contribution >= 0.6 is 0 Å². The van der Waals surface area contributed by atoms with Gasteiger partial charge in [-0.3, -0.25) is 14.2 Å². The van der Waals surface area contributed by atoms with Crippen molar-refractivity contribution >= 4 is 29.2 Å². The fourth-order valence-corrected chi connectivity index (χ4v) is 3.48. The molecule has 4 rings (SSSR count). The molecule has 154 valence electrons. The van der Waals surface area contributed by atoms with E-state index < -0.39 is 0 Å². The van der Waals surface area contributed by atoms with E-state index in [1.165, 1.54) is 6.21 Å². The van der Waals surface area contributed by atoms with Crippen LogP contribution in [0.1, 0.15) is 19.5 Å². The van der Waals surface area contributed by atoms with Gasteiger partial charge < -0.3 is 20.9 Å². The first kappa shape index (κ1) is 19.5. The van der Waals surface area contributed by atoms with Crippen molar-refractivity contribution in [3.63, 3.8) is 0 Å². The number of fused-ring (bicyclic) bond motifs is 1. The molecule has 0 spiro atoms. The zero-order valence-electron chi connectivity index (χ0n) is 16.9. The maximum atomic E-state index is 11.6. The van der Waals surface area contributed by atoms with Gasteiger partial charge in [0.15, 0.2) is 11.5 Å². The van der Waals surface area contributed by atoms with Crippen LogP contribution in [0.5, 0.6) is 0 Å². The molecule has 3 aromatic rings. The normalized spacial score (nSPS) is 15.3. The van der Waals surface area contributed by atoms with Crippen LogP contribution in [-0.2, 0) is 4.79 Å². The van der Waals surface area contributed by atoms with Gasteiger partial charge in [-0.05, 0) is 13.0 Å². The Bertz CT molecular complexity index is 1140. The summed E-state index contributed by atoms with van der Waals surface area (Å²) in [6, 6.07) is 1.87. The van der Waals surface area contributed by atoms with Gasteiger partial charge in [0.05, 0.1) is 18.1 Å². The maximum absolute atomic E-state index is 11.6. The minimum atomic E-state index is 0.0965. The number of carbonyl (C=O) groups excluding carboxylic acids is 1. The number of hydrogen-bond acceptors (Lipinski definition) is 8. The summed E-state index contributed by atoms with van der Waals surface area (Å²) in [5.41, 5.74) is 8.90. The lowest BCUT2D eigenvalue weighted by molar-refractivity contribution is -0.129. The number of nitrogens with zero attached hydrogens (tertiary/aromatic N) is 7. The van der Waals surface area contributed by atoms with Crippen LogP contribution < -0.4 is 10.6 Å². The van der Waals surface area contributed by atoms with Crippen LogP contribution in [0.25, 0.3) is 22.7 Å². The molecule has 10 nitrogen and oxygen atoms in total. The van der Waals surface area contributed by atoms with Crippen LogP contribution in [0.3, 0.4) is 0 Å². The lowest BCUT2D eigenvalue weighted by atomic mass is 10.2. The van der Waals surface area contributed by atoms with E-state index >= 15 is 0 Å². The van der Waals surface area contributed by atoms with Crippen molar-refractivity contribution in [1.29, 1.82) is 5.41 Å². The van der Waals surface area contributed by atoms with Gasteiger partial charge in [0.1, 0.15) is 11.5 Å². The average molecular weight is 405 g/mol. The van der Waals surface area contributed by atoms with Crippen molar-refractivity contribution in [3.05, 3.63) is 42.2 Å². The summed E-state index contributed by atoms with van der Waals surface area (Å²) >= 11 is 0. The molecule has 0 atom stereocenters. The standard InChI is InChI=1S/C20H23N9O/c1-13(22)15(9-21)16-12-29-17(10-25-19(29)11-24-16)20-23-4-3-18(26-20)28-7-5-27(6-8-28)14(2)30/h3-4,9-12,21H,5-8,22H2,1-2H3/b15-13+,21-9?. The molecule has 3 aromatic heterocycles. The molecule has 0 radical (unpaired) electrons. The first-order valence-electron chi connectivity index (χ1n) is 9.62. The molecule has 1 aliphatic rings. The molecule has 0 aliphatic carbocycles. The number of nitrogens with one attached hydrogen (secondary N) is 1. The van der Waals surface area contributed by atoms with E-state index in [1.807, 2.05) is 15.4 Å². The predicted octanol–water partition coefficient (Wildman–Crippen LogP) is 1.19. The zero-order valence-corrected chi connectivity index (χ0v) is 16.9. The van der Waals surface area contributed by atoms with Gasteiger partial charge in [-0.25, -0.2) is 15.0 Å². The van der Waals surface area contributed by atoms with Crippen LogP contribution in [0.2, 0.25) is 0 Å². The molecule has 1 fully saturated rings. The molecule has 1 saturated heterocycles. The van der Waals surface area contributed by atoms with Crippen molar-refractivity contribution in [2.45, 2.75) is 13.8 Å². The topological polar surface area (TPSA) is 129 Å². The van der Waals surface area contributed by atoms with E-state index in [9.17, 15) is 4.79 Å². The molecule has 4 heterocycles. The number of allylic oxidation sites excluding steroid dienone is 2. The molecule has 0 unspecified atom stereocenters. The van der Waals surface area contributed by atoms with Gasteiger partial charge in [0.2, 0.25) is 5.91 Å². The van der Waals surface area contributed by atoms with Crippen molar-refractivity contribution in [2.24, 2.45) is 5.73 Å². The van der Waals surface area contributed by atoms with Gasteiger partial charge in [-0.1, -0.05) is 0 Å². The average Bonchev–Trinajstić information content (AvgIpc) is 3.17. The zero-order chi connectivity index (χ0) is 21.3. The molecule has 0 aromatic carbocycles. The fourth-order valence-electron chi connectivity index (χ4n) is 3.48. The van der Waals surface area contributed by atoms with Gasteiger partial charge in [0.25, 0.3) is 0 Å². The van der Waals surface area contributed by atoms with Crippen molar-refractivity contribution < 1.29 is 4.79 Å². The molecular weight excluding hydrogens is 382 g/mol. The van der Waals surface area contributed by atoms with Crippen molar-refractivity contribution in [3.8, 4) is 11.5 Å². The molecule has 0 saturated carbocycles. The number of aromatic nitrogens is 5. The van der Waals surface area contributed by atoms with Crippen molar-refractivity contribution in [1.82, 2.24) is 29.2 Å². The first-order valence-corrected chi connectivity index (χ1v) is 9.62. The fraction of sp³-hybridized carbons (Fsp3) is 0.300. The largest absolute Gasteiger partial charge is 0.402 e. The van der Waals surface area contributed by atoms with Gasteiger partial charge >= 0.3 is 0 Å². The number of piperazine rings is 1. The molecule has 3 N–H and O–H groups in total. The number of carbonyl (C=O) groups is 1. The lowest BCUT2D eigenvalue weighted by Gasteiger charge is -2.34. The number of imidazole rings is 1. The summed E-state index contributed by atoms with van der Waals surface area (Å²) in [5.74, 6) is 1.44. The molecule has 30 heavy (non-hydrogen) atoms. The van der Waals surface area contributed by atoms with Gasteiger partial charge in [0, 0.05) is 63.0 Å². The third kappa shape index (κ3) is 3.59. The number of anilines is 1. The maximum Gasteiger partial charge on any atom is 0.219 e. The minimum absolute atomic E-state index is 0.0965. The molecule has 1 amide bonds. The van der Waals surface area contributed by atoms with E-state index in [-0.39, 0.29) is 5.91 Å². The highest BCUT2D eigenvalue weighted by molar-refractivity contribution is 6.08. The minimum Gasteiger partial charge on any atom is -0.402 e. The molecule has 0 bridgehead atoms. The second-order valence-corrected chi connectivity index (χ2v) is 7.12. The third-order valence-corrected chi connectivity index (χ3v) is 5.16. The molecule has 1 aliphatic heterocycles. The Balaban J connectivity index is 1.68. The number of nitrogens with two attached hydrogens (primary N) is 1. The second-order valence-electron chi connectivity index (χ2n) is 7.12. The Morgan fingerprint density at radius 2 is 1.90 bits per heavy atom. The van der Waals surface area contributed by atoms with Gasteiger partial charge in [-0.2, -0.15) is 0 Å². The van der Waals surface area contributed by atoms with E-state index in [1.54, 1.807) is 38.6 Å². The molecular formula is C20H23N9O. The van der Waals surface area contributed by atoms with Crippen LogP contribution in [0.4, 0.5) is 5.82 Å². The molecule has 10 heteroatoms. The summed E-state index contributed by atoms with van der Waals surface area (Å²) in [7, 11) is 0. The van der Waals surface area contributed by atoms with E-state index in [2.05, 4.69) is 19.9 Å². The number of hydrogen-bond donors (Lipinski definition) is 2. The van der Waals surface area contributed by atoms with E-state index in [0.29, 0.717) is 41.5 Å². The van der Waals surface area contributed by atoms with E-state index in [0.717, 1.165) is 24.6 Å². The SMILES string of the molecule is CC(=O)N1CCN(c2ccnc(-c3cnc4cnc(/C(C=N)=C(\C)N)cn34)n2)CC1. The number of amides is 1. The summed E-state index contributed by atoms with van der Waals surface area (Å²) in [5, 5.41) is 7.62. The summed E-state index contributed by atoms with van der Waals surface area (Å²) in [6.45, 7) is 6.13. The van der Waals surface area contributed by atoms with Crippen LogP contribution in [0.15, 0.2) is 36.6 Å². The van der Waals surface area contributed by atoms with Crippen LogP contribution in [-0.4, -0.2) is 67.5 Å². The smallest absolute Gasteiger partial charge is 0.219 e. The number of rotatable bonds is 4. The highest BCUT2D eigenvalue weighted by atomic mass is 16.2. The Labute approximate surface area is 173 Å². The Morgan fingerprint density at radius 3 is 2.57 bits per heavy atom. The van der Waals surface area contributed by atoms with Gasteiger partial charge in [-0.15, -0.1) is 0 Å². The Kier molecular flexibility index (Phi) is 5.13. The highest BCUT2D eigenvalue weighted by Crippen LogP contribution is 2.22. The van der Waals surface area contributed by atoms with Crippen LogP contribution in [0, 0.1) is 5.41 Å². The van der Waals surface area contributed by atoms with Crippen molar-refractivity contribution in [2.75, 3.05) is 31.1 Å². The lowest BCUT2D eigenvalue weighted by Crippen LogP contribution is -2.48. The summed E-state index contributed by atoms with van der Waals surface area (Å²) < 4.78 is 1.85. The quantitative estimate of drug-likeness (QED) is 0.624. The monoisotopic (exact) mass is 405 g/mol. The predicted molar refractivity (Wildman–Crippen MR) is 114 cm³/mol. The third-order valence-electron chi connectivity index (χ3n) is 5.16. The van der Waals surface area contributed by atoms with E-state index in [4.69, 9.17) is 16.1 Å². The second kappa shape index (κ2) is 7.90. The first-order chi connectivity index (χ1) is 14.5. The highest BCUT2D eigenvalue weighted by Gasteiger charge is 2.20.